The maximum absolute atomic E-state index is 13.4. The molecule has 1 aliphatic carbocycles. The number of nitrogens with one attached hydrogen (secondary N) is 1. The number of aromatic amines is 1. The smallest absolute Gasteiger partial charge is 0.152 e. The minimum atomic E-state index is -0.339. The van der Waals surface area contributed by atoms with E-state index in [4.69, 9.17) is 0 Å². The maximum Gasteiger partial charge on any atom is 0.152 e. The van der Waals surface area contributed by atoms with Gasteiger partial charge in [0.15, 0.2) is 5.82 Å². The van der Waals surface area contributed by atoms with Gasteiger partial charge in [0, 0.05) is 24.0 Å². The summed E-state index contributed by atoms with van der Waals surface area (Å²) in [6, 6.07) is 1.63. The SMILES string of the molecule is Fc1cnccc1-c1ncc(C2CC2)[nH]1. The first kappa shape index (κ1) is 8.59. The molecule has 1 fully saturated rings. The molecule has 1 N–H and O–H groups in total. The number of halogens is 1. The Balaban J connectivity index is 2.01. The second-order valence-electron chi connectivity index (χ2n) is 3.82. The highest BCUT2D eigenvalue weighted by Gasteiger charge is 2.25. The maximum atomic E-state index is 13.4. The predicted molar refractivity (Wildman–Crippen MR) is 53.8 cm³/mol. The number of aromatic nitrogens is 3. The van der Waals surface area contributed by atoms with E-state index in [9.17, 15) is 4.39 Å². The largest absolute Gasteiger partial charge is 0.342 e. The molecule has 0 bridgehead atoms. The number of imidazole rings is 1. The van der Waals surface area contributed by atoms with Crippen molar-refractivity contribution in [2.24, 2.45) is 0 Å². The van der Waals surface area contributed by atoms with E-state index in [1.807, 2.05) is 0 Å². The van der Waals surface area contributed by atoms with Crippen molar-refractivity contribution >= 4 is 0 Å². The van der Waals surface area contributed by atoms with Crippen LogP contribution in [0.1, 0.15) is 24.5 Å². The summed E-state index contributed by atoms with van der Waals surface area (Å²) in [4.78, 5) is 11.0. The van der Waals surface area contributed by atoms with Gasteiger partial charge in [0.2, 0.25) is 0 Å². The number of hydrogen-bond acceptors (Lipinski definition) is 2. The van der Waals surface area contributed by atoms with Crippen LogP contribution in [-0.2, 0) is 0 Å². The lowest BCUT2D eigenvalue weighted by Crippen LogP contribution is -1.87. The average Bonchev–Trinajstić information content (AvgIpc) is 2.99. The number of pyridine rings is 1. The van der Waals surface area contributed by atoms with Gasteiger partial charge in [-0.2, -0.15) is 0 Å². The van der Waals surface area contributed by atoms with Gasteiger partial charge in [-0.05, 0) is 18.9 Å². The standard InChI is InChI=1S/C11H10FN3/c12-9-5-13-4-3-8(9)11-14-6-10(15-11)7-1-2-7/h3-7H,1-2H2,(H,14,15). The van der Waals surface area contributed by atoms with Gasteiger partial charge in [0.25, 0.3) is 0 Å². The highest BCUT2D eigenvalue weighted by atomic mass is 19.1. The molecule has 0 saturated heterocycles. The molecule has 0 radical (unpaired) electrons. The highest BCUT2D eigenvalue weighted by molar-refractivity contribution is 5.55. The number of H-pyrrole nitrogens is 1. The molecule has 2 heterocycles. The van der Waals surface area contributed by atoms with E-state index in [2.05, 4.69) is 15.0 Å². The molecule has 76 valence electrons. The molecule has 0 aliphatic heterocycles. The van der Waals surface area contributed by atoms with Crippen LogP contribution >= 0.6 is 0 Å². The van der Waals surface area contributed by atoms with E-state index in [1.54, 1.807) is 18.5 Å². The second kappa shape index (κ2) is 3.15. The molecule has 3 rings (SSSR count). The summed E-state index contributed by atoms with van der Waals surface area (Å²) in [6.07, 6.45) is 6.99. The van der Waals surface area contributed by atoms with Gasteiger partial charge in [-0.1, -0.05) is 0 Å². The monoisotopic (exact) mass is 203 g/mol. The van der Waals surface area contributed by atoms with Gasteiger partial charge in [0.05, 0.1) is 11.8 Å². The molecule has 0 spiro atoms. The lowest BCUT2D eigenvalue weighted by molar-refractivity contribution is 0.624. The third-order valence-corrected chi connectivity index (χ3v) is 2.64. The van der Waals surface area contributed by atoms with E-state index in [0.717, 1.165) is 5.69 Å². The van der Waals surface area contributed by atoms with Crippen molar-refractivity contribution in [3.63, 3.8) is 0 Å². The van der Waals surface area contributed by atoms with Gasteiger partial charge in [-0.15, -0.1) is 0 Å². The molecule has 0 amide bonds. The van der Waals surface area contributed by atoms with Gasteiger partial charge in [0.1, 0.15) is 5.82 Å². The summed E-state index contributed by atoms with van der Waals surface area (Å²) in [6.45, 7) is 0. The van der Waals surface area contributed by atoms with E-state index in [0.29, 0.717) is 17.3 Å². The van der Waals surface area contributed by atoms with E-state index < -0.39 is 0 Å². The zero-order valence-electron chi connectivity index (χ0n) is 8.07. The Kier molecular flexibility index (Phi) is 1.80. The number of hydrogen-bond donors (Lipinski definition) is 1. The third kappa shape index (κ3) is 1.52. The Morgan fingerprint density at radius 3 is 2.93 bits per heavy atom. The summed E-state index contributed by atoms with van der Waals surface area (Å²) < 4.78 is 13.4. The van der Waals surface area contributed by atoms with Crippen molar-refractivity contribution in [2.75, 3.05) is 0 Å². The van der Waals surface area contributed by atoms with Crippen LogP contribution in [0.4, 0.5) is 4.39 Å². The minimum absolute atomic E-state index is 0.339. The van der Waals surface area contributed by atoms with Gasteiger partial charge in [-0.3, -0.25) is 4.98 Å². The topological polar surface area (TPSA) is 41.6 Å². The summed E-state index contributed by atoms with van der Waals surface area (Å²) >= 11 is 0. The van der Waals surface area contributed by atoms with Gasteiger partial charge < -0.3 is 4.98 Å². The minimum Gasteiger partial charge on any atom is -0.342 e. The molecule has 2 aromatic heterocycles. The fraction of sp³-hybridized carbons (Fsp3) is 0.273. The van der Waals surface area contributed by atoms with Crippen molar-refractivity contribution in [1.82, 2.24) is 15.0 Å². The Morgan fingerprint density at radius 2 is 2.20 bits per heavy atom. The van der Waals surface area contributed by atoms with Gasteiger partial charge in [-0.25, -0.2) is 9.37 Å². The molecule has 2 aromatic rings. The molecule has 0 unspecified atom stereocenters. The van der Waals surface area contributed by atoms with Crippen LogP contribution in [0.15, 0.2) is 24.7 Å². The first-order valence-corrected chi connectivity index (χ1v) is 4.99. The van der Waals surface area contributed by atoms with Crippen molar-refractivity contribution in [2.45, 2.75) is 18.8 Å². The normalized spacial score (nSPS) is 15.5. The second-order valence-corrected chi connectivity index (χ2v) is 3.82. The van der Waals surface area contributed by atoms with Crippen LogP contribution in [0, 0.1) is 5.82 Å². The summed E-state index contributed by atoms with van der Waals surface area (Å²) in [5.41, 5.74) is 1.60. The fourth-order valence-electron chi connectivity index (χ4n) is 1.64. The third-order valence-electron chi connectivity index (χ3n) is 2.64. The summed E-state index contributed by atoms with van der Waals surface area (Å²) in [5, 5.41) is 0. The van der Waals surface area contributed by atoms with Crippen molar-refractivity contribution < 1.29 is 4.39 Å². The van der Waals surface area contributed by atoms with Crippen molar-refractivity contribution in [3.8, 4) is 11.4 Å². The molecular weight excluding hydrogens is 193 g/mol. The predicted octanol–water partition coefficient (Wildman–Crippen LogP) is 2.49. The van der Waals surface area contributed by atoms with Crippen LogP contribution in [0.5, 0.6) is 0 Å². The quantitative estimate of drug-likeness (QED) is 0.814. The lowest BCUT2D eigenvalue weighted by atomic mass is 10.2. The van der Waals surface area contributed by atoms with Crippen LogP contribution < -0.4 is 0 Å². The first-order valence-electron chi connectivity index (χ1n) is 4.99. The lowest BCUT2D eigenvalue weighted by Gasteiger charge is -1.97. The number of nitrogens with zero attached hydrogens (tertiary/aromatic N) is 2. The van der Waals surface area contributed by atoms with E-state index >= 15 is 0 Å². The van der Waals surface area contributed by atoms with Crippen LogP contribution in [0.3, 0.4) is 0 Å². The highest BCUT2D eigenvalue weighted by Crippen LogP contribution is 2.39. The molecular formula is C11H10FN3. The Hall–Kier alpha value is -1.71. The molecule has 1 aliphatic rings. The van der Waals surface area contributed by atoms with E-state index in [-0.39, 0.29) is 5.82 Å². The van der Waals surface area contributed by atoms with Crippen molar-refractivity contribution in [1.29, 1.82) is 0 Å². The zero-order chi connectivity index (χ0) is 10.3. The van der Waals surface area contributed by atoms with Crippen LogP contribution in [0.2, 0.25) is 0 Å². The molecule has 1 saturated carbocycles. The molecule has 15 heavy (non-hydrogen) atoms. The Bertz CT molecular complexity index is 488. The molecule has 0 aromatic carbocycles. The zero-order valence-corrected chi connectivity index (χ0v) is 8.07. The molecule has 4 heteroatoms. The van der Waals surface area contributed by atoms with E-state index in [1.165, 1.54) is 19.0 Å². The average molecular weight is 203 g/mol. The van der Waals surface area contributed by atoms with Crippen molar-refractivity contribution in [3.05, 3.63) is 36.2 Å². The summed E-state index contributed by atoms with van der Waals surface area (Å²) in [5.74, 6) is 0.863. The summed E-state index contributed by atoms with van der Waals surface area (Å²) in [7, 11) is 0. The Labute approximate surface area is 86.4 Å². The Morgan fingerprint density at radius 1 is 1.33 bits per heavy atom. The van der Waals surface area contributed by atoms with Crippen LogP contribution in [-0.4, -0.2) is 15.0 Å². The fourth-order valence-corrected chi connectivity index (χ4v) is 1.64. The van der Waals surface area contributed by atoms with Crippen LogP contribution in [0.25, 0.3) is 11.4 Å². The molecule has 3 nitrogen and oxygen atoms in total. The molecule has 0 atom stereocenters. The number of rotatable bonds is 2. The van der Waals surface area contributed by atoms with Gasteiger partial charge >= 0.3 is 0 Å². The first-order chi connectivity index (χ1) is 7.34.